The molecule has 8 heteroatoms. The zero-order valence-electron chi connectivity index (χ0n) is 18.9. The normalized spacial score (nSPS) is 18.4. The van der Waals surface area contributed by atoms with Crippen LogP contribution in [0, 0.1) is 0 Å². The van der Waals surface area contributed by atoms with Gasteiger partial charge >= 0.3 is 5.97 Å². The van der Waals surface area contributed by atoms with Crippen LogP contribution in [0.25, 0.3) is 0 Å². The van der Waals surface area contributed by atoms with Crippen molar-refractivity contribution >= 4 is 28.8 Å². The van der Waals surface area contributed by atoms with E-state index in [-0.39, 0.29) is 25.0 Å². The topological polar surface area (TPSA) is 80.2 Å². The predicted octanol–water partition coefficient (Wildman–Crippen LogP) is 4.30. The van der Waals surface area contributed by atoms with E-state index < -0.39 is 12.0 Å². The first kappa shape index (κ1) is 23.7. The van der Waals surface area contributed by atoms with E-state index in [1.54, 1.807) is 14.0 Å². The Balaban J connectivity index is 1.99. The molecule has 1 amide bonds. The number of fused-ring (bicyclic) bond motifs is 1. The minimum atomic E-state index is -0.469. The molecule has 0 radical (unpaired) electrons. The second kappa shape index (κ2) is 10.5. The number of allylic oxidation sites excluding steroid dienone is 1. The Hall–Kier alpha value is -3.00. The molecule has 0 spiro atoms. The van der Waals surface area contributed by atoms with Gasteiger partial charge in [-0.05, 0) is 43.4 Å². The van der Waals surface area contributed by atoms with Gasteiger partial charge in [-0.1, -0.05) is 43.5 Å². The summed E-state index contributed by atoms with van der Waals surface area (Å²) in [5, 5.41) is 5.66. The van der Waals surface area contributed by atoms with Gasteiger partial charge < -0.3 is 19.7 Å². The van der Waals surface area contributed by atoms with Crippen molar-refractivity contribution in [2.75, 3.05) is 13.7 Å². The minimum Gasteiger partial charge on any atom is -0.497 e. The highest BCUT2D eigenvalue weighted by molar-refractivity contribution is 8.16. The van der Waals surface area contributed by atoms with Crippen molar-refractivity contribution < 1.29 is 19.1 Å². The molecule has 1 aromatic carbocycles. The van der Waals surface area contributed by atoms with Gasteiger partial charge in [0.05, 0.1) is 30.8 Å². The lowest BCUT2D eigenvalue weighted by Gasteiger charge is -2.36. The highest BCUT2D eigenvalue weighted by atomic mass is 32.2. The van der Waals surface area contributed by atoms with E-state index >= 15 is 0 Å². The quantitative estimate of drug-likeness (QED) is 0.442. The summed E-state index contributed by atoms with van der Waals surface area (Å²) in [5.74, 6) is 0.198. The molecule has 1 N–H and O–H groups in total. The number of carbonyl (C=O) groups excluding carboxylic acids is 2. The summed E-state index contributed by atoms with van der Waals surface area (Å²) >= 11 is 1.45. The van der Waals surface area contributed by atoms with Gasteiger partial charge in [-0.2, -0.15) is 0 Å². The number of aliphatic imine (C=N–C) groups is 1. The molecule has 7 nitrogen and oxygen atoms in total. The van der Waals surface area contributed by atoms with Crippen molar-refractivity contribution in [1.82, 2.24) is 10.2 Å². The molecule has 1 aromatic rings. The number of ether oxygens (including phenoxy) is 2. The number of methoxy groups -OCH3 is 1. The second-order valence-electron chi connectivity index (χ2n) is 7.61. The van der Waals surface area contributed by atoms with E-state index in [0.29, 0.717) is 11.3 Å². The summed E-state index contributed by atoms with van der Waals surface area (Å²) in [7, 11) is 1.61. The van der Waals surface area contributed by atoms with Crippen LogP contribution in [0.3, 0.4) is 0 Å². The van der Waals surface area contributed by atoms with Gasteiger partial charge in [0.2, 0.25) is 5.91 Å². The number of rotatable bonds is 9. The third-order valence-electron chi connectivity index (χ3n) is 5.35. The molecule has 3 rings (SSSR count). The Kier molecular flexibility index (Phi) is 7.80. The van der Waals surface area contributed by atoms with E-state index in [2.05, 4.69) is 16.9 Å². The number of hydrogen-bond donors (Lipinski definition) is 1. The number of hydrogen-bond acceptors (Lipinski definition) is 7. The number of amides is 1. The Morgan fingerprint density at radius 1 is 1.34 bits per heavy atom. The molecule has 170 valence electrons. The van der Waals surface area contributed by atoms with Crippen molar-refractivity contribution in [3.05, 3.63) is 64.9 Å². The van der Waals surface area contributed by atoms with Gasteiger partial charge in [0.25, 0.3) is 0 Å². The van der Waals surface area contributed by atoms with Crippen molar-refractivity contribution in [2.45, 2.75) is 45.7 Å². The first-order valence-electron chi connectivity index (χ1n) is 10.5. The Morgan fingerprint density at radius 2 is 2.06 bits per heavy atom. The van der Waals surface area contributed by atoms with Crippen LogP contribution in [0.15, 0.2) is 64.3 Å². The third kappa shape index (κ3) is 5.07. The first-order valence-corrected chi connectivity index (χ1v) is 11.4. The van der Waals surface area contributed by atoms with E-state index in [9.17, 15) is 9.59 Å². The number of amidine groups is 1. The van der Waals surface area contributed by atoms with Crippen LogP contribution in [-0.4, -0.2) is 41.7 Å². The van der Waals surface area contributed by atoms with Crippen LogP contribution in [0.5, 0.6) is 5.75 Å². The molecule has 32 heavy (non-hydrogen) atoms. The minimum absolute atomic E-state index is 0.0667. The fourth-order valence-corrected chi connectivity index (χ4v) is 4.50. The van der Waals surface area contributed by atoms with Crippen LogP contribution < -0.4 is 10.1 Å². The first-order chi connectivity index (χ1) is 15.4. The summed E-state index contributed by atoms with van der Waals surface area (Å²) in [6.07, 6.45) is 2.58. The van der Waals surface area contributed by atoms with Crippen LogP contribution >= 0.6 is 11.8 Å². The van der Waals surface area contributed by atoms with Gasteiger partial charge in [-0.25, -0.2) is 9.79 Å². The van der Waals surface area contributed by atoms with Gasteiger partial charge in [-0.3, -0.25) is 4.79 Å². The van der Waals surface area contributed by atoms with Gasteiger partial charge in [-0.15, -0.1) is 0 Å². The van der Waals surface area contributed by atoms with E-state index in [1.807, 2.05) is 48.4 Å². The van der Waals surface area contributed by atoms with E-state index in [4.69, 9.17) is 9.47 Å². The number of thioether (sulfide) groups is 1. The molecule has 2 aliphatic heterocycles. The van der Waals surface area contributed by atoms with Gasteiger partial charge in [0.1, 0.15) is 12.4 Å². The lowest BCUT2D eigenvalue weighted by atomic mass is 9.93. The van der Waals surface area contributed by atoms with Crippen LogP contribution in [0.1, 0.15) is 45.2 Å². The summed E-state index contributed by atoms with van der Waals surface area (Å²) in [6.45, 7) is 9.53. The smallest absolute Gasteiger partial charge is 0.338 e. The van der Waals surface area contributed by atoms with Gasteiger partial charge in [0, 0.05) is 11.7 Å². The van der Waals surface area contributed by atoms with Crippen LogP contribution in [0.2, 0.25) is 0 Å². The monoisotopic (exact) mass is 455 g/mol. The van der Waals surface area contributed by atoms with Crippen LogP contribution in [-0.2, 0) is 14.3 Å². The average molecular weight is 456 g/mol. The lowest BCUT2D eigenvalue weighted by molar-refractivity contribution is -0.138. The SMILES string of the molecule is C=CCOC(=O)C1=C(C)N=C2SC=C(CC(=O)NC(C)CC)N2C1c1ccc(OC)cc1. The molecule has 0 aromatic heterocycles. The Labute approximate surface area is 193 Å². The maximum absolute atomic E-state index is 13.0. The van der Waals surface area contributed by atoms with Gasteiger partial charge in [0.15, 0.2) is 5.17 Å². The molecule has 2 heterocycles. The van der Waals surface area contributed by atoms with Crippen molar-refractivity contribution in [3.63, 3.8) is 0 Å². The number of carbonyl (C=O) groups is 2. The molecule has 2 aliphatic rings. The number of benzene rings is 1. The molecule has 0 aliphatic carbocycles. The largest absolute Gasteiger partial charge is 0.497 e. The molecule has 2 atom stereocenters. The molecule has 0 bridgehead atoms. The standard InChI is InChI=1S/C24H29N3O4S/c1-6-12-31-23(29)21-16(4)26-24-27(22(21)17-8-10-19(30-5)11-9-17)18(14-32-24)13-20(28)25-15(3)7-2/h6,8-11,14-15,22H,1,7,12-13H2,2-5H3,(H,25,28). The molecule has 0 fully saturated rings. The maximum atomic E-state index is 13.0. The van der Waals surface area contributed by atoms with E-state index in [1.165, 1.54) is 17.8 Å². The number of nitrogens with zero attached hydrogens (tertiary/aromatic N) is 2. The predicted molar refractivity (Wildman–Crippen MR) is 127 cm³/mol. The third-order valence-corrected chi connectivity index (χ3v) is 6.23. The summed E-state index contributed by atoms with van der Waals surface area (Å²) in [6, 6.07) is 7.16. The molecule has 2 unspecified atom stereocenters. The number of nitrogens with one attached hydrogen (secondary N) is 1. The fraction of sp³-hybridized carbons (Fsp3) is 0.375. The summed E-state index contributed by atoms with van der Waals surface area (Å²) in [4.78, 5) is 32.3. The second-order valence-corrected chi connectivity index (χ2v) is 8.44. The highest BCUT2D eigenvalue weighted by Crippen LogP contribution is 2.45. The molecule has 0 saturated carbocycles. The average Bonchev–Trinajstić information content (AvgIpc) is 3.18. The van der Waals surface area contributed by atoms with Crippen molar-refractivity contribution in [3.8, 4) is 5.75 Å². The summed E-state index contributed by atoms with van der Waals surface area (Å²) < 4.78 is 10.7. The zero-order valence-corrected chi connectivity index (χ0v) is 19.7. The summed E-state index contributed by atoms with van der Waals surface area (Å²) in [5.41, 5.74) is 2.70. The van der Waals surface area contributed by atoms with E-state index in [0.717, 1.165) is 28.6 Å². The van der Waals surface area contributed by atoms with Crippen molar-refractivity contribution in [2.24, 2.45) is 4.99 Å². The molecule has 0 saturated heterocycles. The maximum Gasteiger partial charge on any atom is 0.338 e. The highest BCUT2D eigenvalue weighted by Gasteiger charge is 2.41. The number of esters is 1. The Bertz CT molecular complexity index is 981. The lowest BCUT2D eigenvalue weighted by Crippen LogP contribution is -2.39. The van der Waals surface area contributed by atoms with Crippen LogP contribution in [0.4, 0.5) is 0 Å². The zero-order chi connectivity index (χ0) is 23.3. The molecular formula is C24H29N3O4S. The Morgan fingerprint density at radius 3 is 2.69 bits per heavy atom. The van der Waals surface area contributed by atoms with Crippen molar-refractivity contribution in [1.29, 1.82) is 0 Å². The fourth-order valence-electron chi connectivity index (χ4n) is 3.54. The molecular weight excluding hydrogens is 426 g/mol.